The molecule has 4 aromatic rings. The molecule has 3 aromatic carbocycles. The van der Waals surface area contributed by atoms with E-state index < -0.39 is 34.3 Å². The van der Waals surface area contributed by atoms with Gasteiger partial charge >= 0.3 is 12.1 Å². The van der Waals surface area contributed by atoms with Crippen molar-refractivity contribution < 1.29 is 31.6 Å². The van der Waals surface area contributed by atoms with Gasteiger partial charge in [-0.05, 0) is 86.3 Å². The van der Waals surface area contributed by atoms with Crippen molar-refractivity contribution in [2.75, 3.05) is 11.3 Å². The van der Waals surface area contributed by atoms with Crippen molar-refractivity contribution in [1.29, 1.82) is 0 Å². The van der Waals surface area contributed by atoms with E-state index in [4.69, 9.17) is 9.47 Å². The largest absolute Gasteiger partial charge is 0.493 e. The molecule has 2 atom stereocenters. The molecule has 0 aliphatic carbocycles. The van der Waals surface area contributed by atoms with Gasteiger partial charge in [0.15, 0.2) is 11.0 Å². The highest BCUT2D eigenvalue weighted by atomic mass is 32.2. The average Bonchev–Trinajstić information content (AvgIpc) is 2.95. The molecule has 5 rings (SSSR count). The van der Waals surface area contributed by atoms with Gasteiger partial charge in [0.2, 0.25) is 5.95 Å². The van der Waals surface area contributed by atoms with Crippen molar-refractivity contribution in [3.8, 4) is 16.9 Å². The maximum Gasteiger partial charge on any atom is 0.416 e. The van der Waals surface area contributed by atoms with Gasteiger partial charge in [-0.1, -0.05) is 24.3 Å². The molecule has 218 valence electrons. The van der Waals surface area contributed by atoms with E-state index in [1.807, 2.05) is 0 Å². The summed E-state index contributed by atoms with van der Waals surface area (Å²) in [5.41, 5.74) is 1.22. The number of halogens is 3. The predicted octanol–water partition coefficient (Wildman–Crippen LogP) is 7.17. The third-order valence-electron chi connectivity index (χ3n) is 6.57. The van der Waals surface area contributed by atoms with Crippen LogP contribution in [-0.4, -0.2) is 32.4 Å². The number of aromatic nitrogens is 2. The average molecular weight is 596 g/mol. The Labute approximate surface area is 243 Å². The van der Waals surface area contributed by atoms with Gasteiger partial charge in [0.25, 0.3) is 0 Å². The number of carbonyl (C=O) groups is 1. The quantitative estimate of drug-likeness (QED) is 0.238. The topological polar surface area (TPSA) is 90.4 Å². The fourth-order valence-electron chi connectivity index (χ4n) is 4.71. The Morgan fingerprint density at radius 2 is 1.67 bits per heavy atom. The van der Waals surface area contributed by atoms with E-state index in [0.717, 1.165) is 17.7 Å². The molecule has 0 saturated heterocycles. The second-order valence-electron chi connectivity index (χ2n) is 10.7. The van der Waals surface area contributed by atoms with E-state index in [9.17, 15) is 22.2 Å². The Bertz CT molecular complexity index is 1620. The van der Waals surface area contributed by atoms with E-state index in [2.05, 4.69) is 14.7 Å². The summed E-state index contributed by atoms with van der Waals surface area (Å²) in [6.45, 7) is 5.60. The fraction of sp³-hybridized carbons (Fsp3) is 0.258. The normalized spacial score (nSPS) is 15.7. The lowest BCUT2D eigenvalue weighted by atomic mass is 9.82. The highest BCUT2D eigenvalue weighted by Crippen LogP contribution is 2.44. The number of hydrogen-bond donors (Lipinski definition) is 1. The van der Waals surface area contributed by atoms with Crippen LogP contribution in [-0.2, 0) is 21.9 Å². The molecule has 7 nitrogen and oxygen atoms in total. The SMILES string of the molecule is CC(C)(C)OC(=O)c1ccc(-c2cc(C(F)(F)F)ccc2C2CCOc3cc(S(=O)Nc4ncccn4)ccc32)cc1. The monoisotopic (exact) mass is 595 g/mol. The van der Waals surface area contributed by atoms with Gasteiger partial charge in [-0.15, -0.1) is 0 Å². The zero-order chi connectivity index (χ0) is 30.1. The summed E-state index contributed by atoms with van der Waals surface area (Å²) >= 11 is 0. The van der Waals surface area contributed by atoms with Gasteiger partial charge in [-0.2, -0.15) is 13.2 Å². The number of benzene rings is 3. The summed E-state index contributed by atoms with van der Waals surface area (Å²) in [5, 5.41) is 0. The molecule has 42 heavy (non-hydrogen) atoms. The molecule has 0 fully saturated rings. The third kappa shape index (κ3) is 6.62. The van der Waals surface area contributed by atoms with Crippen LogP contribution in [0.1, 0.15) is 60.2 Å². The number of nitrogens with one attached hydrogen (secondary N) is 1. The van der Waals surface area contributed by atoms with E-state index in [-0.39, 0.29) is 11.9 Å². The van der Waals surface area contributed by atoms with E-state index in [1.54, 1.807) is 69.3 Å². The lowest BCUT2D eigenvalue weighted by Crippen LogP contribution is -2.23. The molecule has 0 amide bonds. The van der Waals surface area contributed by atoms with E-state index in [1.165, 1.54) is 18.5 Å². The van der Waals surface area contributed by atoms with Crippen molar-refractivity contribution >= 4 is 22.9 Å². The number of alkyl halides is 3. The van der Waals surface area contributed by atoms with Gasteiger partial charge in [0, 0.05) is 23.9 Å². The number of anilines is 1. The summed E-state index contributed by atoms with van der Waals surface area (Å²) in [7, 11) is -1.67. The summed E-state index contributed by atoms with van der Waals surface area (Å²) in [5.74, 6) is -0.0962. The molecule has 0 bridgehead atoms. The second kappa shape index (κ2) is 11.6. The third-order valence-corrected chi connectivity index (χ3v) is 7.62. The highest BCUT2D eigenvalue weighted by molar-refractivity contribution is 7.86. The number of nitrogens with zero attached hydrogens (tertiary/aromatic N) is 2. The zero-order valence-electron chi connectivity index (χ0n) is 23.1. The molecular formula is C31H28F3N3O4S. The van der Waals surface area contributed by atoms with Gasteiger partial charge in [0.05, 0.1) is 22.6 Å². The molecule has 2 heterocycles. The molecule has 1 aliphatic heterocycles. The Hall–Kier alpha value is -4.25. The number of carbonyl (C=O) groups excluding carboxylic acids is 1. The van der Waals surface area contributed by atoms with Crippen molar-refractivity contribution in [3.63, 3.8) is 0 Å². The van der Waals surface area contributed by atoms with Crippen LogP contribution in [0.25, 0.3) is 11.1 Å². The van der Waals surface area contributed by atoms with Gasteiger partial charge in [-0.3, -0.25) is 4.72 Å². The molecule has 1 aromatic heterocycles. The smallest absolute Gasteiger partial charge is 0.416 e. The first-order valence-corrected chi connectivity index (χ1v) is 14.3. The number of esters is 1. The van der Waals surface area contributed by atoms with Crippen molar-refractivity contribution in [3.05, 3.63) is 101 Å². The van der Waals surface area contributed by atoms with Gasteiger partial charge in [-0.25, -0.2) is 19.0 Å². The Morgan fingerprint density at radius 1 is 0.976 bits per heavy atom. The molecule has 0 spiro atoms. The van der Waals surface area contributed by atoms with Crippen LogP contribution in [0.2, 0.25) is 0 Å². The molecular weight excluding hydrogens is 567 g/mol. The minimum atomic E-state index is -4.54. The lowest BCUT2D eigenvalue weighted by molar-refractivity contribution is -0.137. The number of hydrogen-bond acceptors (Lipinski definition) is 6. The summed E-state index contributed by atoms with van der Waals surface area (Å²) in [6, 6.07) is 16.9. The Morgan fingerprint density at radius 3 is 2.33 bits per heavy atom. The number of fused-ring (bicyclic) bond motifs is 1. The van der Waals surface area contributed by atoms with Gasteiger partial charge < -0.3 is 9.47 Å². The van der Waals surface area contributed by atoms with E-state index >= 15 is 0 Å². The first kappa shape index (κ1) is 29.2. The van der Waals surface area contributed by atoms with Crippen LogP contribution >= 0.6 is 0 Å². The van der Waals surface area contributed by atoms with Crippen molar-refractivity contribution in [1.82, 2.24) is 9.97 Å². The molecule has 1 aliphatic rings. The van der Waals surface area contributed by atoms with Crippen molar-refractivity contribution in [2.45, 2.75) is 49.8 Å². The lowest BCUT2D eigenvalue weighted by Gasteiger charge is -2.29. The van der Waals surface area contributed by atoms with Crippen LogP contribution in [0.15, 0.2) is 84.0 Å². The number of rotatable bonds is 6. The summed E-state index contributed by atoms with van der Waals surface area (Å²) in [4.78, 5) is 21.0. The molecule has 1 N–H and O–H groups in total. The molecule has 0 saturated carbocycles. The van der Waals surface area contributed by atoms with E-state index in [0.29, 0.717) is 45.9 Å². The van der Waals surface area contributed by atoms with Crippen LogP contribution in [0, 0.1) is 0 Å². The second-order valence-corrected chi connectivity index (χ2v) is 11.9. The Kier molecular flexibility index (Phi) is 8.05. The summed E-state index contributed by atoms with van der Waals surface area (Å²) < 4.78 is 68.3. The van der Waals surface area contributed by atoms with Crippen molar-refractivity contribution in [2.24, 2.45) is 0 Å². The number of ether oxygens (including phenoxy) is 2. The standard InChI is InChI=1S/C31H28F3N3O4S/c1-30(2,3)41-28(38)20-7-5-19(6-8-20)26-17-21(31(32,33)34)9-11-23(26)24-13-16-40-27-18-22(10-12-25(24)27)42(39)37-29-35-14-4-15-36-29/h4-12,14-15,17-18,24H,13,16H2,1-3H3,(H,35,36,37). The maximum atomic E-state index is 13.8. The predicted molar refractivity (Wildman–Crippen MR) is 153 cm³/mol. The van der Waals surface area contributed by atoms with Crippen LogP contribution in [0.4, 0.5) is 19.1 Å². The molecule has 2 unspecified atom stereocenters. The van der Waals surface area contributed by atoms with Crippen LogP contribution in [0.3, 0.4) is 0 Å². The van der Waals surface area contributed by atoms with Crippen LogP contribution in [0.5, 0.6) is 5.75 Å². The van der Waals surface area contributed by atoms with Gasteiger partial charge in [0.1, 0.15) is 11.4 Å². The summed E-state index contributed by atoms with van der Waals surface area (Å²) in [6.07, 6.45) is -0.953. The zero-order valence-corrected chi connectivity index (χ0v) is 23.9. The Balaban J connectivity index is 1.50. The highest BCUT2D eigenvalue weighted by Gasteiger charge is 2.33. The maximum absolute atomic E-state index is 13.8. The van der Waals surface area contributed by atoms with Crippen LogP contribution < -0.4 is 9.46 Å². The molecule has 11 heteroatoms. The fourth-order valence-corrected chi connectivity index (χ4v) is 5.51. The first-order chi connectivity index (χ1) is 19.9. The first-order valence-electron chi connectivity index (χ1n) is 13.2. The minimum Gasteiger partial charge on any atom is -0.493 e. The minimum absolute atomic E-state index is 0.208. The molecule has 0 radical (unpaired) electrons.